The molecule has 1 fully saturated rings. The van der Waals surface area contributed by atoms with Gasteiger partial charge in [-0.3, -0.25) is 9.59 Å². The number of ether oxygens (including phenoxy) is 1. The number of amides is 3. The summed E-state index contributed by atoms with van der Waals surface area (Å²) in [6.45, 7) is 5.88. The molecule has 208 valence electrons. The Bertz CT molecular complexity index is 889. The first kappa shape index (κ1) is 30.4. The summed E-state index contributed by atoms with van der Waals surface area (Å²) in [5.74, 6) is -2.41. The van der Waals surface area contributed by atoms with Crippen LogP contribution in [-0.2, 0) is 20.9 Å². The average Bonchev–Trinajstić information content (AvgIpc) is 3.36. The predicted molar refractivity (Wildman–Crippen MR) is 131 cm³/mol. The van der Waals surface area contributed by atoms with Crippen molar-refractivity contribution >= 4 is 17.9 Å². The molecule has 0 bridgehead atoms. The molecule has 0 saturated heterocycles. The van der Waals surface area contributed by atoms with Crippen molar-refractivity contribution in [3.8, 4) is 0 Å². The van der Waals surface area contributed by atoms with Gasteiger partial charge in [-0.1, -0.05) is 70.9 Å². The number of benzene rings is 1. The van der Waals surface area contributed by atoms with E-state index in [-0.39, 0.29) is 12.5 Å². The molecule has 37 heavy (non-hydrogen) atoms. The highest BCUT2D eigenvalue weighted by Gasteiger charge is 2.49. The van der Waals surface area contributed by atoms with E-state index in [0.29, 0.717) is 12.8 Å². The number of alkyl halides is 3. The number of aliphatic hydroxyl groups is 1. The van der Waals surface area contributed by atoms with Crippen molar-refractivity contribution in [2.24, 2.45) is 11.8 Å². The summed E-state index contributed by atoms with van der Waals surface area (Å²) in [6, 6.07) is 6.00. The van der Waals surface area contributed by atoms with Gasteiger partial charge in [-0.25, -0.2) is 4.79 Å². The molecule has 2 unspecified atom stereocenters. The van der Waals surface area contributed by atoms with Crippen LogP contribution in [0.1, 0.15) is 58.9 Å². The molecular formula is C26H38F3N3O5. The molecule has 3 N–H and O–H groups in total. The Hall–Kier alpha value is -2.82. The van der Waals surface area contributed by atoms with E-state index < -0.39 is 60.8 Å². The lowest BCUT2D eigenvalue weighted by molar-refractivity contribution is -0.228. The molecule has 0 heterocycles. The van der Waals surface area contributed by atoms with Gasteiger partial charge in [0.2, 0.25) is 11.8 Å². The maximum atomic E-state index is 13.5. The molecule has 3 atom stereocenters. The van der Waals surface area contributed by atoms with Crippen molar-refractivity contribution in [3.05, 3.63) is 35.9 Å². The summed E-state index contributed by atoms with van der Waals surface area (Å²) < 4.78 is 45.6. The molecule has 2 rings (SSSR count). The van der Waals surface area contributed by atoms with Crippen LogP contribution in [0, 0.1) is 11.8 Å². The Morgan fingerprint density at radius 3 is 2.16 bits per heavy atom. The highest BCUT2D eigenvalue weighted by molar-refractivity contribution is 5.89. The Kier molecular flexibility index (Phi) is 11.2. The van der Waals surface area contributed by atoms with Gasteiger partial charge in [-0.05, 0) is 30.2 Å². The lowest BCUT2D eigenvalue weighted by Gasteiger charge is -2.41. The fourth-order valence-corrected chi connectivity index (χ4v) is 4.62. The van der Waals surface area contributed by atoms with Crippen LogP contribution in [0.4, 0.5) is 18.0 Å². The molecule has 1 aromatic carbocycles. The molecule has 0 aromatic heterocycles. The highest BCUT2D eigenvalue weighted by Crippen LogP contribution is 2.33. The van der Waals surface area contributed by atoms with Crippen molar-refractivity contribution in [3.63, 3.8) is 0 Å². The molecule has 3 amide bonds. The van der Waals surface area contributed by atoms with Crippen molar-refractivity contribution < 1.29 is 37.4 Å². The van der Waals surface area contributed by atoms with Gasteiger partial charge in [0.15, 0.2) is 6.10 Å². The molecular weight excluding hydrogens is 491 g/mol. The number of hydrogen-bond donors (Lipinski definition) is 3. The molecule has 0 aliphatic heterocycles. The van der Waals surface area contributed by atoms with Gasteiger partial charge in [-0.2, -0.15) is 13.2 Å². The molecule has 0 radical (unpaired) electrons. The van der Waals surface area contributed by atoms with Crippen molar-refractivity contribution in [1.82, 2.24) is 15.5 Å². The van der Waals surface area contributed by atoms with Gasteiger partial charge in [0.05, 0.1) is 12.6 Å². The van der Waals surface area contributed by atoms with Crippen LogP contribution in [-0.4, -0.2) is 64.9 Å². The van der Waals surface area contributed by atoms with Gasteiger partial charge in [0, 0.05) is 6.04 Å². The second kappa shape index (κ2) is 13.6. The SMILES string of the molecule is CC(C)C(C(O)C(F)(F)F)N(C(=O)CNC(=O)[C@@H](NC(=O)OCc1ccccc1)C(C)C)C1CCCC1. The molecule has 11 heteroatoms. The summed E-state index contributed by atoms with van der Waals surface area (Å²) in [5, 5.41) is 15.0. The van der Waals surface area contributed by atoms with E-state index in [1.54, 1.807) is 38.1 Å². The minimum absolute atomic E-state index is 0.00602. The van der Waals surface area contributed by atoms with Crippen molar-refractivity contribution in [2.45, 2.75) is 90.4 Å². The Balaban J connectivity index is 2.07. The minimum atomic E-state index is -4.90. The van der Waals surface area contributed by atoms with E-state index in [1.807, 2.05) is 6.07 Å². The molecule has 1 saturated carbocycles. The monoisotopic (exact) mass is 529 g/mol. The van der Waals surface area contributed by atoms with Crippen LogP contribution >= 0.6 is 0 Å². The van der Waals surface area contributed by atoms with Crippen LogP contribution in [0.15, 0.2) is 30.3 Å². The van der Waals surface area contributed by atoms with Crippen LogP contribution in [0.2, 0.25) is 0 Å². The average molecular weight is 530 g/mol. The molecule has 0 spiro atoms. The Morgan fingerprint density at radius 2 is 1.65 bits per heavy atom. The lowest BCUT2D eigenvalue weighted by Crippen LogP contribution is -2.60. The second-order valence-electron chi connectivity index (χ2n) is 10.1. The number of halogens is 3. The van der Waals surface area contributed by atoms with Crippen molar-refractivity contribution in [1.29, 1.82) is 0 Å². The van der Waals surface area contributed by atoms with E-state index in [9.17, 15) is 32.7 Å². The molecule has 1 aliphatic carbocycles. The molecule has 8 nitrogen and oxygen atoms in total. The number of nitrogens with zero attached hydrogens (tertiary/aromatic N) is 1. The highest BCUT2D eigenvalue weighted by atomic mass is 19.4. The maximum Gasteiger partial charge on any atom is 0.416 e. The Morgan fingerprint density at radius 1 is 1.05 bits per heavy atom. The van der Waals surface area contributed by atoms with Gasteiger partial charge in [-0.15, -0.1) is 0 Å². The second-order valence-corrected chi connectivity index (χ2v) is 10.1. The molecule has 1 aliphatic rings. The predicted octanol–water partition coefficient (Wildman–Crippen LogP) is 3.77. The normalized spacial score (nSPS) is 16.8. The van der Waals surface area contributed by atoms with Gasteiger partial charge < -0.3 is 25.4 Å². The zero-order valence-corrected chi connectivity index (χ0v) is 21.8. The summed E-state index contributed by atoms with van der Waals surface area (Å²) in [6.07, 6.45) is -5.85. The minimum Gasteiger partial charge on any atom is -0.445 e. The smallest absolute Gasteiger partial charge is 0.416 e. The summed E-state index contributed by atoms with van der Waals surface area (Å²) in [5.41, 5.74) is 0.765. The van der Waals surface area contributed by atoms with Crippen LogP contribution in [0.25, 0.3) is 0 Å². The standard InChI is InChI=1S/C26H38F3N3O5/c1-16(2)21(31-25(36)37-15-18-10-6-5-7-11-18)24(35)30-14-20(33)32(19-12-8-9-13-19)22(17(3)4)23(34)26(27,28)29/h5-7,10-11,16-17,19,21-23,34H,8-9,12-15H2,1-4H3,(H,30,35)(H,31,36)/t21-,22?,23?/m0/s1. The number of carbonyl (C=O) groups is 3. The number of hydrogen-bond acceptors (Lipinski definition) is 5. The zero-order valence-electron chi connectivity index (χ0n) is 21.8. The van der Waals surface area contributed by atoms with E-state index in [4.69, 9.17) is 4.74 Å². The largest absolute Gasteiger partial charge is 0.445 e. The fourth-order valence-electron chi connectivity index (χ4n) is 4.62. The number of alkyl carbamates (subject to hydrolysis) is 1. The van der Waals surface area contributed by atoms with Crippen LogP contribution in [0.5, 0.6) is 0 Å². The number of carbonyl (C=O) groups excluding carboxylic acids is 3. The van der Waals surface area contributed by atoms with Gasteiger partial charge in [0.25, 0.3) is 0 Å². The fraction of sp³-hybridized carbons (Fsp3) is 0.654. The van der Waals surface area contributed by atoms with E-state index in [1.165, 1.54) is 13.8 Å². The maximum absolute atomic E-state index is 13.5. The summed E-state index contributed by atoms with van der Waals surface area (Å²) >= 11 is 0. The lowest BCUT2D eigenvalue weighted by atomic mass is 9.93. The van der Waals surface area contributed by atoms with E-state index >= 15 is 0 Å². The zero-order chi connectivity index (χ0) is 27.8. The first-order valence-electron chi connectivity index (χ1n) is 12.6. The topological polar surface area (TPSA) is 108 Å². The molecule has 1 aromatic rings. The van der Waals surface area contributed by atoms with E-state index in [2.05, 4.69) is 10.6 Å². The van der Waals surface area contributed by atoms with Crippen molar-refractivity contribution in [2.75, 3.05) is 6.54 Å². The number of aliphatic hydroxyl groups excluding tert-OH is 1. The Labute approximate surface area is 215 Å². The summed E-state index contributed by atoms with van der Waals surface area (Å²) in [4.78, 5) is 39.4. The third-order valence-corrected chi connectivity index (χ3v) is 6.52. The van der Waals surface area contributed by atoms with Crippen LogP contribution < -0.4 is 10.6 Å². The first-order valence-corrected chi connectivity index (χ1v) is 12.6. The first-order chi connectivity index (χ1) is 17.3. The third kappa shape index (κ3) is 8.91. The van der Waals surface area contributed by atoms with Crippen LogP contribution in [0.3, 0.4) is 0 Å². The quantitative estimate of drug-likeness (QED) is 0.405. The number of nitrogens with one attached hydrogen (secondary N) is 2. The third-order valence-electron chi connectivity index (χ3n) is 6.52. The summed E-state index contributed by atoms with van der Waals surface area (Å²) in [7, 11) is 0. The van der Waals surface area contributed by atoms with E-state index in [0.717, 1.165) is 23.3 Å². The van der Waals surface area contributed by atoms with Gasteiger partial charge >= 0.3 is 12.3 Å². The van der Waals surface area contributed by atoms with Gasteiger partial charge in [0.1, 0.15) is 12.6 Å². The number of rotatable bonds is 11.